The fourth-order valence-electron chi connectivity index (χ4n) is 2.65. The van der Waals surface area contributed by atoms with Crippen molar-refractivity contribution in [2.24, 2.45) is 0 Å². The van der Waals surface area contributed by atoms with Gasteiger partial charge in [-0.05, 0) is 6.07 Å². The van der Waals surface area contributed by atoms with Crippen molar-refractivity contribution in [2.75, 3.05) is 17.2 Å². The molecule has 118 valence electrons. The zero-order valence-corrected chi connectivity index (χ0v) is 13.1. The van der Waals surface area contributed by atoms with E-state index in [2.05, 4.69) is 0 Å². The molecule has 3 rings (SSSR count). The van der Waals surface area contributed by atoms with Crippen LogP contribution in [0.1, 0.15) is 6.92 Å². The summed E-state index contributed by atoms with van der Waals surface area (Å²) < 4.78 is 5.23. The lowest BCUT2D eigenvalue weighted by Gasteiger charge is -2.54. The Morgan fingerprint density at radius 3 is 2.86 bits per heavy atom. The van der Waals surface area contributed by atoms with Gasteiger partial charge in [-0.15, -0.1) is 23.4 Å². The zero-order chi connectivity index (χ0) is 16.1. The highest BCUT2D eigenvalue weighted by atomic mass is 35.5. The first-order chi connectivity index (χ1) is 10.3. The van der Waals surface area contributed by atoms with Crippen LogP contribution in [-0.2, 0) is 14.4 Å². The molecule has 0 radical (unpaired) electrons. The highest BCUT2D eigenvalue weighted by Gasteiger charge is 2.59. The summed E-state index contributed by atoms with van der Waals surface area (Å²) in [5.41, 5.74) is 0. The molecule has 1 aromatic heterocycles. The van der Waals surface area contributed by atoms with Crippen molar-refractivity contribution in [2.45, 2.75) is 23.2 Å². The number of amides is 2. The molecule has 3 heterocycles. The Balaban J connectivity index is 1.83. The molecule has 1 aromatic rings. The average molecular weight is 345 g/mol. The minimum absolute atomic E-state index is 0.0687. The first kappa shape index (κ1) is 15.2. The van der Waals surface area contributed by atoms with E-state index >= 15 is 0 Å². The lowest BCUT2D eigenvalue weighted by atomic mass is 10.0. The Morgan fingerprint density at radius 1 is 1.59 bits per heavy atom. The number of carbonyl (C=O) groups excluding carboxylic acids is 2. The van der Waals surface area contributed by atoms with Crippen LogP contribution in [-0.4, -0.2) is 56.4 Å². The highest BCUT2D eigenvalue weighted by Crippen LogP contribution is 2.43. The number of carbonyl (C=O) groups is 3. The van der Waals surface area contributed by atoms with Crippen LogP contribution in [0.25, 0.3) is 0 Å². The van der Waals surface area contributed by atoms with E-state index in [1.807, 2.05) is 0 Å². The second-order valence-electron chi connectivity index (χ2n) is 5.22. The minimum Gasteiger partial charge on any atom is -0.480 e. The summed E-state index contributed by atoms with van der Waals surface area (Å²) in [5, 5.41) is 8.85. The number of hydrogen-bond acceptors (Lipinski definition) is 5. The fraction of sp³-hybridized carbons (Fsp3) is 0.462. The predicted octanol–water partition coefficient (Wildman–Crippen LogP) is 0.978. The van der Waals surface area contributed by atoms with E-state index in [0.29, 0.717) is 5.88 Å². The van der Waals surface area contributed by atoms with E-state index < -0.39 is 16.9 Å². The number of carboxylic acids is 1. The molecule has 1 N–H and O–H groups in total. The molecule has 0 spiro atoms. The molecular formula is C13H13ClN2O5S. The van der Waals surface area contributed by atoms with Crippen LogP contribution in [0.3, 0.4) is 0 Å². The Hall–Kier alpha value is -1.67. The van der Waals surface area contributed by atoms with Gasteiger partial charge in [0.15, 0.2) is 4.87 Å². The predicted molar refractivity (Wildman–Crippen MR) is 79.8 cm³/mol. The number of nitrogens with zero attached hydrogens (tertiary/aromatic N) is 2. The van der Waals surface area contributed by atoms with Gasteiger partial charge in [-0.25, -0.2) is 0 Å². The van der Waals surface area contributed by atoms with Gasteiger partial charge < -0.3 is 14.4 Å². The monoisotopic (exact) mass is 344 g/mol. The van der Waals surface area contributed by atoms with Crippen molar-refractivity contribution in [1.82, 2.24) is 4.90 Å². The summed E-state index contributed by atoms with van der Waals surface area (Å²) in [6.45, 7) is 1.29. The largest absolute Gasteiger partial charge is 0.480 e. The maximum Gasteiger partial charge on any atom is 0.327 e. The Bertz CT molecular complexity index is 636. The Labute approximate surface area is 135 Å². The molecule has 0 bridgehead atoms. The standard InChI is InChI=1S/C13H13ClN2O5S/c1-7(17)16(8-3-2-4-21-8)9-10(18)15-5-13(14,12(19)20)6-22-11(9)15/h2-4,9,11H,5-6H2,1H3,(H,19,20)/t9?,11-,13?/m1/s1. The third-order valence-electron chi connectivity index (χ3n) is 3.76. The second-order valence-corrected chi connectivity index (χ2v) is 7.05. The van der Waals surface area contributed by atoms with Crippen LogP contribution in [0.2, 0.25) is 0 Å². The van der Waals surface area contributed by atoms with Gasteiger partial charge in [0.1, 0.15) is 11.4 Å². The molecule has 2 amide bonds. The van der Waals surface area contributed by atoms with Crippen molar-refractivity contribution < 1.29 is 23.9 Å². The molecule has 2 fully saturated rings. The van der Waals surface area contributed by atoms with Crippen LogP contribution < -0.4 is 4.90 Å². The maximum absolute atomic E-state index is 12.4. The summed E-state index contributed by atoms with van der Waals surface area (Å²) in [7, 11) is 0. The average Bonchev–Trinajstić information content (AvgIpc) is 2.98. The van der Waals surface area contributed by atoms with Gasteiger partial charge in [0.2, 0.25) is 17.7 Å². The van der Waals surface area contributed by atoms with E-state index in [0.717, 1.165) is 0 Å². The maximum atomic E-state index is 12.4. The molecule has 22 heavy (non-hydrogen) atoms. The topological polar surface area (TPSA) is 91.1 Å². The van der Waals surface area contributed by atoms with Crippen LogP contribution in [0.5, 0.6) is 0 Å². The first-order valence-corrected chi connectivity index (χ1v) is 7.95. The van der Waals surface area contributed by atoms with Gasteiger partial charge in [-0.2, -0.15) is 0 Å². The van der Waals surface area contributed by atoms with Gasteiger partial charge >= 0.3 is 5.97 Å². The van der Waals surface area contributed by atoms with Gasteiger partial charge in [-0.1, -0.05) is 0 Å². The number of rotatable bonds is 3. The summed E-state index contributed by atoms with van der Waals surface area (Å²) >= 11 is 7.31. The van der Waals surface area contributed by atoms with Crippen LogP contribution in [0, 0.1) is 0 Å². The third kappa shape index (κ3) is 2.17. The molecule has 2 aliphatic rings. The third-order valence-corrected chi connectivity index (χ3v) is 5.85. The van der Waals surface area contributed by atoms with Crippen LogP contribution in [0.4, 0.5) is 5.88 Å². The van der Waals surface area contributed by atoms with Gasteiger partial charge in [-0.3, -0.25) is 19.3 Å². The lowest BCUT2D eigenvalue weighted by molar-refractivity contribution is -0.150. The SMILES string of the molecule is CC(=O)N(c1ccco1)C1C(=O)N2CC(Cl)(C(=O)O)CS[C@H]12. The van der Waals surface area contributed by atoms with E-state index in [1.54, 1.807) is 12.1 Å². The highest BCUT2D eigenvalue weighted by molar-refractivity contribution is 8.00. The smallest absolute Gasteiger partial charge is 0.327 e. The van der Waals surface area contributed by atoms with E-state index in [-0.39, 0.29) is 29.5 Å². The Morgan fingerprint density at radius 2 is 2.32 bits per heavy atom. The van der Waals surface area contributed by atoms with Crippen LogP contribution >= 0.6 is 23.4 Å². The van der Waals surface area contributed by atoms with Gasteiger partial charge in [0.05, 0.1) is 12.8 Å². The number of furan rings is 1. The number of thioether (sulfide) groups is 1. The molecule has 0 aliphatic carbocycles. The first-order valence-electron chi connectivity index (χ1n) is 6.53. The van der Waals surface area contributed by atoms with Gasteiger partial charge in [0, 0.05) is 18.7 Å². The zero-order valence-electron chi connectivity index (χ0n) is 11.6. The second kappa shape index (κ2) is 5.20. The fourth-order valence-corrected chi connectivity index (χ4v) is 4.40. The van der Waals surface area contributed by atoms with Crippen molar-refractivity contribution in [1.29, 1.82) is 0 Å². The number of aliphatic carboxylic acids is 1. The number of carboxylic acid groups (broad SMARTS) is 1. The van der Waals surface area contributed by atoms with E-state index in [1.165, 1.54) is 34.7 Å². The molecule has 2 saturated heterocycles. The number of alkyl halides is 1. The summed E-state index contributed by atoms with van der Waals surface area (Å²) in [6.07, 6.45) is 1.43. The molecule has 2 aliphatic heterocycles. The molecule has 0 aromatic carbocycles. The van der Waals surface area contributed by atoms with Crippen molar-refractivity contribution >= 4 is 47.0 Å². The number of β-lactam (4-membered cyclic amide) rings is 1. The van der Waals surface area contributed by atoms with Crippen molar-refractivity contribution in [3.8, 4) is 0 Å². The number of halogens is 1. The summed E-state index contributed by atoms with van der Waals surface area (Å²) in [6, 6.07) is 2.55. The molecule has 2 unspecified atom stereocenters. The van der Waals surface area contributed by atoms with Crippen molar-refractivity contribution in [3.05, 3.63) is 18.4 Å². The number of fused-ring (bicyclic) bond motifs is 1. The number of hydrogen-bond donors (Lipinski definition) is 1. The van der Waals surface area contributed by atoms with E-state index in [9.17, 15) is 14.4 Å². The van der Waals surface area contributed by atoms with Crippen molar-refractivity contribution in [3.63, 3.8) is 0 Å². The summed E-state index contributed by atoms with van der Waals surface area (Å²) in [5.74, 6) is -1.32. The Kier molecular flexibility index (Phi) is 3.60. The molecular weight excluding hydrogens is 332 g/mol. The minimum atomic E-state index is -1.48. The molecule has 9 heteroatoms. The summed E-state index contributed by atoms with van der Waals surface area (Å²) in [4.78, 5) is 36.7. The van der Waals surface area contributed by atoms with E-state index in [4.69, 9.17) is 21.1 Å². The van der Waals surface area contributed by atoms with Crippen LogP contribution in [0.15, 0.2) is 22.8 Å². The molecule has 3 atom stereocenters. The normalized spacial score (nSPS) is 30.5. The molecule has 7 nitrogen and oxygen atoms in total. The lowest BCUT2D eigenvalue weighted by Crippen LogP contribution is -2.75. The molecule has 0 saturated carbocycles. The van der Waals surface area contributed by atoms with Gasteiger partial charge in [0.25, 0.3) is 0 Å². The quantitative estimate of drug-likeness (QED) is 0.649. The number of anilines is 1.